The van der Waals surface area contributed by atoms with Crippen molar-refractivity contribution < 1.29 is 4.52 Å². The van der Waals surface area contributed by atoms with E-state index >= 15 is 0 Å². The maximum Gasteiger partial charge on any atom is 0.159 e. The number of fused-ring (bicyclic) bond motifs is 1. The summed E-state index contributed by atoms with van der Waals surface area (Å²) < 4.78 is 5.40. The molecule has 2 nitrogen and oxygen atoms in total. The predicted molar refractivity (Wildman–Crippen MR) is 115 cm³/mol. The number of nitrogens with zero attached hydrogens (tertiary/aromatic N) is 1. The summed E-state index contributed by atoms with van der Waals surface area (Å²) in [5.74, 6) is 1.26. The van der Waals surface area contributed by atoms with Crippen molar-refractivity contribution >= 4 is 11.6 Å². The number of rotatable bonds is 6. The van der Waals surface area contributed by atoms with E-state index in [1.165, 1.54) is 41.5 Å². The van der Waals surface area contributed by atoms with E-state index in [0.29, 0.717) is 5.92 Å². The fraction of sp³-hybridized carbons (Fsp3) is 0.560. The Kier molecular flexibility index (Phi) is 5.38. The number of benzene rings is 1. The summed E-state index contributed by atoms with van der Waals surface area (Å²) in [5.41, 5.74) is 7.76. The fourth-order valence-electron chi connectivity index (χ4n) is 4.91. The Morgan fingerprint density at radius 1 is 1.15 bits per heavy atom. The van der Waals surface area contributed by atoms with E-state index in [1.807, 2.05) is 6.07 Å². The van der Waals surface area contributed by atoms with Crippen LogP contribution < -0.4 is 0 Å². The summed E-state index contributed by atoms with van der Waals surface area (Å²) in [5, 5.41) is 3.88. The van der Waals surface area contributed by atoms with Crippen molar-refractivity contribution in [1.29, 1.82) is 0 Å². The highest BCUT2D eigenvalue weighted by atomic mass is 16.5. The van der Waals surface area contributed by atoms with Crippen molar-refractivity contribution in [3.8, 4) is 0 Å². The Labute approximate surface area is 165 Å². The van der Waals surface area contributed by atoms with Gasteiger partial charge in [-0.25, -0.2) is 0 Å². The van der Waals surface area contributed by atoms with Gasteiger partial charge in [0.2, 0.25) is 0 Å². The minimum absolute atomic E-state index is 0.213. The van der Waals surface area contributed by atoms with Crippen LogP contribution in [0.5, 0.6) is 0 Å². The topological polar surface area (TPSA) is 26.0 Å². The molecule has 146 valence electrons. The lowest BCUT2D eigenvalue weighted by Gasteiger charge is -2.23. The number of unbranched alkanes of at least 4 members (excludes halogenated alkanes) is 1. The monoisotopic (exact) mass is 365 g/mol. The second-order valence-electron chi connectivity index (χ2n) is 9.77. The maximum atomic E-state index is 5.40. The predicted octanol–water partition coefficient (Wildman–Crippen LogP) is 7.17. The van der Waals surface area contributed by atoms with E-state index in [0.717, 1.165) is 12.2 Å². The Morgan fingerprint density at radius 3 is 2.37 bits per heavy atom. The summed E-state index contributed by atoms with van der Waals surface area (Å²) in [7, 11) is 0. The van der Waals surface area contributed by atoms with Gasteiger partial charge in [0.05, 0.1) is 6.20 Å². The molecular weight excluding hydrogens is 330 g/mol. The molecule has 27 heavy (non-hydrogen) atoms. The lowest BCUT2D eigenvalue weighted by atomic mass is 9.81. The van der Waals surface area contributed by atoms with Crippen molar-refractivity contribution in [3.63, 3.8) is 0 Å². The molecule has 3 rings (SSSR count). The van der Waals surface area contributed by atoms with Gasteiger partial charge in [-0.05, 0) is 69.9 Å². The van der Waals surface area contributed by atoms with Gasteiger partial charge in [0.15, 0.2) is 5.76 Å². The van der Waals surface area contributed by atoms with Crippen molar-refractivity contribution in [2.75, 3.05) is 0 Å². The molecule has 1 aromatic heterocycles. The van der Waals surface area contributed by atoms with Gasteiger partial charge in [0.1, 0.15) is 0 Å². The number of hydrogen-bond acceptors (Lipinski definition) is 2. The van der Waals surface area contributed by atoms with Gasteiger partial charge in [-0.1, -0.05) is 72.2 Å². The third-order valence-corrected chi connectivity index (χ3v) is 6.07. The average Bonchev–Trinajstić information content (AvgIpc) is 3.14. The first kappa shape index (κ1) is 19.9. The largest absolute Gasteiger partial charge is 0.357 e. The smallest absolute Gasteiger partial charge is 0.159 e. The van der Waals surface area contributed by atoms with Gasteiger partial charge in [0, 0.05) is 6.07 Å². The summed E-state index contributed by atoms with van der Waals surface area (Å²) in [4.78, 5) is 0. The van der Waals surface area contributed by atoms with E-state index < -0.39 is 0 Å². The standard InChI is InChI=1S/C25H35NO/c1-8-9-10-18-13-22-23(25(6,7)16-24(22,4)5)15-21(18)20(17(2)3)14-19-11-12-26-27-19/h11-15,17H,8-10,16H2,1-7H3. The highest BCUT2D eigenvalue weighted by molar-refractivity contribution is 5.83. The molecule has 0 amide bonds. The Morgan fingerprint density at radius 2 is 1.81 bits per heavy atom. The summed E-state index contributed by atoms with van der Waals surface area (Å²) in [6.45, 7) is 16.4. The first-order valence-corrected chi connectivity index (χ1v) is 10.5. The van der Waals surface area contributed by atoms with Crippen LogP contribution in [-0.4, -0.2) is 5.16 Å². The van der Waals surface area contributed by atoms with Crippen LogP contribution in [0.15, 0.2) is 28.9 Å². The summed E-state index contributed by atoms with van der Waals surface area (Å²) >= 11 is 0. The molecule has 0 spiro atoms. The molecule has 2 aromatic rings. The first-order valence-electron chi connectivity index (χ1n) is 10.5. The second kappa shape index (κ2) is 7.30. The van der Waals surface area contributed by atoms with Crippen molar-refractivity contribution in [3.05, 3.63) is 52.4 Å². The summed E-state index contributed by atoms with van der Waals surface area (Å²) in [6, 6.07) is 6.96. The molecule has 0 saturated carbocycles. The van der Waals surface area contributed by atoms with Crippen LogP contribution in [0.4, 0.5) is 0 Å². The third-order valence-electron chi connectivity index (χ3n) is 6.07. The van der Waals surface area contributed by atoms with Crippen LogP contribution >= 0.6 is 0 Å². The third kappa shape index (κ3) is 3.90. The Balaban J connectivity index is 2.21. The quantitative estimate of drug-likeness (QED) is 0.542. The van der Waals surface area contributed by atoms with Gasteiger partial charge >= 0.3 is 0 Å². The fourth-order valence-corrected chi connectivity index (χ4v) is 4.91. The molecule has 1 aliphatic carbocycles. The van der Waals surface area contributed by atoms with Crippen molar-refractivity contribution in [1.82, 2.24) is 5.16 Å². The lowest BCUT2D eigenvalue weighted by molar-refractivity contribution is 0.403. The molecule has 0 aliphatic heterocycles. The minimum Gasteiger partial charge on any atom is -0.357 e. The zero-order valence-corrected chi connectivity index (χ0v) is 18.1. The van der Waals surface area contributed by atoms with Gasteiger partial charge in [-0.2, -0.15) is 0 Å². The normalized spacial score (nSPS) is 18.1. The lowest BCUT2D eigenvalue weighted by Crippen LogP contribution is -2.18. The van der Waals surface area contributed by atoms with E-state index in [2.05, 4.69) is 71.8 Å². The molecule has 0 N–H and O–H groups in total. The molecule has 1 heterocycles. The van der Waals surface area contributed by atoms with Crippen LogP contribution in [0.3, 0.4) is 0 Å². The molecule has 1 aromatic carbocycles. The van der Waals surface area contributed by atoms with Crippen LogP contribution in [-0.2, 0) is 17.3 Å². The molecule has 0 atom stereocenters. The van der Waals surface area contributed by atoms with Gasteiger partial charge in [0.25, 0.3) is 0 Å². The Bertz CT molecular complexity index is 822. The molecule has 0 radical (unpaired) electrons. The maximum absolute atomic E-state index is 5.40. The summed E-state index contributed by atoms with van der Waals surface area (Å²) in [6.07, 6.45) is 8.68. The van der Waals surface area contributed by atoms with Gasteiger partial charge in [-0.15, -0.1) is 0 Å². The van der Waals surface area contributed by atoms with Gasteiger partial charge < -0.3 is 4.52 Å². The van der Waals surface area contributed by atoms with Crippen LogP contribution in [0.25, 0.3) is 11.6 Å². The van der Waals surface area contributed by atoms with E-state index in [4.69, 9.17) is 4.52 Å². The zero-order valence-electron chi connectivity index (χ0n) is 18.1. The highest BCUT2D eigenvalue weighted by Crippen LogP contribution is 2.51. The molecule has 1 aliphatic rings. The van der Waals surface area contributed by atoms with Crippen LogP contribution in [0.1, 0.15) is 95.7 Å². The van der Waals surface area contributed by atoms with Crippen LogP contribution in [0.2, 0.25) is 0 Å². The van der Waals surface area contributed by atoms with E-state index in [-0.39, 0.29) is 10.8 Å². The molecule has 0 saturated heterocycles. The van der Waals surface area contributed by atoms with Crippen LogP contribution in [0, 0.1) is 5.92 Å². The number of aromatic nitrogens is 1. The van der Waals surface area contributed by atoms with Crippen molar-refractivity contribution in [2.24, 2.45) is 5.92 Å². The molecule has 0 bridgehead atoms. The number of allylic oxidation sites excluding steroid dienone is 1. The molecule has 0 fully saturated rings. The highest BCUT2D eigenvalue weighted by Gasteiger charge is 2.42. The zero-order chi connectivity index (χ0) is 19.8. The SMILES string of the molecule is CCCCc1cc2c(cc1C(=Cc1ccno1)C(C)C)C(C)(C)CC2(C)C. The molecular formula is C25H35NO. The minimum atomic E-state index is 0.213. The van der Waals surface area contributed by atoms with Gasteiger partial charge in [-0.3, -0.25) is 0 Å². The Hall–Kier alpha value is -1.83. The second-order valence-corrected chi connectivity index (χ2v) is 9.77. The average molecular weight is 366 g/mol. The molecule has 2 heteroatoms. The first-order chi connectivity index (χ1) is 12.7. The van der Waals surface area contributed by atoms with E-state index in [1.54, 1.807) is 11.8 Å². The molecule has 0 unspecified atom stereocenters. The van der Waals surface area contributed by atoms with E-state index in [9.17, 15) is 0 Å². The van der Waals surface area contributed by atoms with Crippen molar-refractivity contribution in [2.45, 2.75) is 85.0 Å². The number of hydrogen-bond donors (Lipinski definition) is 0. The number of aryl methyl sites for hydroxylation is 1.